The summed E-state index contributed by atoms with van der Waals surface area (Å²) in [7, 11) is 0. The van der Waals surface area contributed by atoms with E-state index in [1.807, 2.05) is 48.5 Å². The molecule has 8 nitrogen and oxygen atoms in total. The number of hydrogen-bond donors (Lipinski definition) is 1. The zero-order valence-corrected chi connectivity index (χ0v) is 17.8. The molecule has 0 saturated heterocycles. The van der Waals surface area contributed by atoms with Crippen molar-refractivity contribution in [1.82, 2.24) is 29.7 Å². The Balaban J connectivity index is 1.39. The van der Waals surface area contributed by atoms with Gasteiger partial charge in [-0.15, -0.1) is 0 Å². The molecule has 0 fully saturated rings. The Morgan fingerprint density at radius 1 is 1.03 bits per heavy atom. The van der Waals surface area contributed by atoms with Crippen LogP contribution in [0, 0.1) is 0 Å². The average molecular weight is 474 g/mol. The molecule has 0 aliphatic heterocycles. The van der Waals surface area contributed by atoms with E-state index in [1.54, 1.807) is 29.6 Å². The third kappa shape index (κ3) is 4.36. The molecule has 3 heterocycles. The Bertz CT molecular complexity index is 1330. The van der Waals surface area contributed by atoms with E-state index in [9.17, 15) is 0 Å². The number of nitrogens with one attached hydrogen (secondary N) is 1. The summed E-state index contributed by atoms with van der Waals surface area (Å²) in [6, 6.07) is 15.5. The number of pyridine rings is 1. The summed E-state index contributed by atoms with van der Waals surface area (Å²) < 4.78 is 8.49. The zero-order valence-electron chi connectivity index (χ0n) is 16.2. The van der Waals surface area contributed by atoms with Gasteiger partial charge in [0.25, 0.3) is 0 Å². The normalized spacial score (nSPS) is 10.9. The van der Waals surface area contributed by atoms with Crippen molar-refractivity contribution in [2.24, 2.45) is 0 Å². The molecule has 9 heteroatoms. The second kappa shape index (κ2) is 8.49. The molecule has 0 radical (unpaired) electrons. The fraction of sp³-hybridized carbons (Fsp3) is 0.0455. The minimum atomic E-state index is 0.420. The van der Waals surface area contributed by atoms with Crippen LogP contribution < -0.4 is 10.1 Å². The zero-order chi connectivity index (χ0) is 21.0. The van der Waals surface area contributed by atoms with Gasteiger partial charge in [-0.25, -0.2) is 19.6 Å². The monoisotopic (exact) mass is 473 g/mol. The molecule has 1 N–H and O–H groups in total. The van der Waals surface area contributed by atoms with Crippen molar-refractivity contribution in [2.45, 2.75) is 6.61 Å². The predicted molar refractivity (Wildman–Crippen MR) is 120 cm³/mol. The lowest BCUT2D eigenvalue weighted by Crippen LogP contribution is -2.00. The number of halogens is 1. The van der Waals surface area contributed by atoms with E-state index in [1.165, 1.54) is 6.33 Å². The smallest absolute Gasteiger partial charge is 0.227 e. The third-order valence-electron chi connectivity index (χ3n) is 4.54. The summed E-state index contributed by atoms with van der Waals surface area (Å²) >= 11 is 3.56. The number of fused-ring (bicyclic) bond motifs is 1. The van der Waals surface area contributed by atoms with Gasteiger partial charge in [0.15, 0.2) is 0 Å². The quantitative estimate of drug-likeness (QED) is 0.382. The van der Waals surface area contributed by atoms with Gasteiger partial charge < -0.3 is 10.1 Å². The summed E-state index contributed by atoms with van der Waals surface area (Å²) in [5.41, 5.74) is 3.50. The summed E-state index contributed by atoms with van der Waals surface area (Å²) in [6.45, 7) is 0.420. The number of nitrogens with zero attached hydrogens (tertiary/aromatic N) is 6. The minimum absolute atomic E-state index is 0.420. The van der Waals surface area contributed by atoms with Crippen molar-refractivity contribution in [3.8, 4) is 11.4 Å². The maximum absolute atomic E-state index is 5.96. The lowest BCUT2D eigenvalue weighted by atomic mass is 10.2. The van der Waals surface area contributed by atoms with Gasteiger partial charge in [-0.05, 0) is 46.3 Å². The second-order valence-corrected chi connectivity index (χ2v) is 7.55. The van der Waals surface area contributed by atoms with Crippen molar-refractivity contribution in [1.29, 1.82) is 0 Å². The molecule has 3 aromatic heterocycles. The molecule has 5 aromatic rings. The first-order valence-electron chi connectivity index (χ1n) is 9.45. The topological polar surface area (TPSA) is 90.6 Å². The lowest BCUT2D eigenvalue weighted by Gasteiger charge is -2.11. The molecule has 0 saturated carbocycles. The van der Waals surface area contributed by atoms with E-state index >= 15 is 0 Å². The molecule has 152 valence electrons. The Hall–Kier alpha value is -3.85. The van der Waals surface area contributed by atoms with Crippen molar-refractivity contribution >= 4 is 38.5 Å². The van der Waals surface area contributed by atoms with E-state index in [4.69, 9.17) is 4.74 Å². The average Bonchev–Trinajstić information content (AvgIpc) is 3.34. The molecule has 0 atom stereocenters. The fourth-order valence-electron chi connectivity index (χ4n) is 3.04. The SMILES string of the molecule is Brc1cc2cnc(Nc3cccc(-n4cncn4)c3)nc2cc1OCc1cccnc1. The van der Waals surface area contributed by atoms with Gasteiger partial charge in [0.2, 0.25) is 5.95 Å². The number of hydrogen-bond acceptors (Lipinski definition) is 7. The highest BCUT2D eigenvalue weighted by molar-refractivity contribution is 9.10. The first kappa shape index (κ1) is 19.1. The van der Waals surface area contributed by atoms with Gasteiger partial charge in [0.1, 0.15) is 25.0 Å². The van der Waals surface area contributed by atoms with Crippen LogP contribution in [0.25, 0.3) is 16.6 Å². The van der Waals surface area contributed by atoms with Gasteiger partial charge in [0.05, 0.1) is 15.7 Å². The van der Waals surface area contributed by atoms with Crippen LogP contribution in [-0.4, -0.2) is 29.7 Å². The number of rotatable bonds is 6. The Morgan fingerprint density at radius 2 is 2.00 bits per heavy atom. The lowest BCUT2D eigenvalue weighted by molar-refractivity contribution is 0.304. The number of benzene rings is 2. The molecule has 31 heavy (non-hydrogen) atoms. The van der Waals surface area contributed by atoms with E-state index in [0.717, 1.165) is 32.3 Å². The maximum Gasteiger partial charge on any atom is 0.227 e. The highest BCUT2D eigenvalue weighted by Crippen LogP contribution is 2.31. The van der Waals surface area contributed by atoms with Gasteiger partial charge in [-0.2, -0.15) is 5.10 Å². The minimum Gasteiger partial charge on any atom is -0.488 e. The van der Waals surface area contributed by atoms with Crippen LogP contribution in [0.4, 0.5) is 11.6 Å². The number of ether oxygens (including phenoxy) is 1. The van der Waals surface area contributed by atoms with Gasteiger partial charge in [-0.3, -0.25) is 4.98 Å². The van der Waals surface area contributed by atoms with Crippen LogP contribution in [-0.2, 0) is 6.61 Å². The van der Waals surface area contributed by atoms with Crippen molar-refractivity contribution in [3.05, 3.63) is 89.8 Å². The third-order valence-corrected chi connectivity index (χ3v) is 5.16. The van der Waals surface area contributed by atoms with Crippen LogP contribution in [0.3, 0.4) is 0 Å². The van der Waals surface area contributed by atoms with E-state index in [0.29, 0.717) is 18.3 Å². The second-order valence-electron chi connectivity index (χ2n) is 6.70. The van der Waals surface area contributed by atoms with Gasteiger partial charge >= 0.3 is 0 Å². The summed E-state index contributed by atoms with van der Waals surface area (Å²) in [5.74, 6) is 1.19. The van der Waals surface area contributed by atoms with E-state index in [-0.39, 0.29) is 0 Å². The molecule has 5 rings (SSSR count). The Kier molecular flexibility index (Phi) is 5.24. The van der Waals surface area contributed by atoms with Crippen LogP contribution in [0.2, 0.25) is 0 Å². The summed E-state index contributed by atoms with van der Waals surface area (Å²) in [6.07, 6.45) is 8.45. The van der Waals surface area contributed by atoms with Crippen LogP contribution in [0.5, 0.6) is 5.75 Å². The summed E-state index contributed by atoms with van der Waals surface area (Å²) in [4.78, 5) is 17.2. The van der Waals surface area contributed by atoms with Crippen LogP contribution in [0.1, 0.15) is 5.56 Å². The molecule has 0 amide bonds. The van der Waals surface area contributed by atoms with Gasteiger partial charge in [0, 0.05) is 41.3 Å². The Morgan fingerprint density at radius 3 is 2.84 bits per heavy atom. The number of anilines is 2. The van der Waals surface area contributed by atoms with Crippen molar-refractivity contribution < 1.29 is 4.74 Å². The van der Waals surface area contributed by atoms with E-state index in [2.05, 4.69) is 46.3 Å². The van der Waals surface area contributed by atoms with Crippen LogP contribution >= 0.6 is 15.9 Å². The maximum atomic E-state index is 5.96. The molecule has 0 aliphatic rings. The van der Waals surface area contributed by atoms with Gasteiger partial charge in [-0.1, -0.05) is 12.1 Å². The van der Waals surface area contributed by atoms with Crippen molar-refractivity contribution in [3.63, 3.8) is 0 Å². The van der Waals surface area contributed by atoms with E-state index < -0.39 is 0 Å². The predicted octanol–water partition coefficient (Wildman–Crippen LogP) is 4.69. The fourth-order valence-corrected chi connectivity index (χ4v) is 3.52. The molecular weight excluding hydrogens is 458 g/mol. The highest BCUT2D eigenvalue weighted by Gasteiger charge is 2.08. The molecular formula is C22H16BrN7O. The molecule has 0 unspecified atom stereocenters. The Labute approximate surface area is 186 Å². The molecule has 0 aliphatic carbocycles. The van der Waals surface area contributed by atoms with Crippen molar-refractivity contribution in [2.75, 3.05) is 5.32 Å². The molecule has 0 bridgehead atoms. The standard InChI is InChI=1S/C22H16BrN7O/c23-19-7-16-11-26-22(28-17-4-1-5-18(8-17)30-14-25-13-27-30)29-20(16)9-21(19)31-12-15-3-2-6-24-10-15/h1-11,13-14H,12H2,(H,26,28,29). The first-order chi connectivity index (χ1) is 15.2. The number of aromatic nitrogens is 6. The first-order valence-corrected chi connectivity index (χ1v) is 10.2. The summed E-state index contributed by atoms with van der Waals surface area (Å²) in [5, 5.41) is 8.31. The van der Waals surface area contributed by atoms with Crippen LogP contribution in [0.15, 0.2) is 84.2 Å². The largest absolute Gasteiger partial charge is 0.488 e. The highest BCUT2D eigenvalue weighted by atomic mass is 79.9. The molecule has 2 aromatic carbocycles. The molecule has 0 spiro atoms.